The van der Waals surface area contributed by atoms with E-state index in [4.69, 9.17) is 9.47 Å². The number of ether oxygens (including phenoxy) is 2. The predicted octanol–water partition coefficient (Wildman–Crippen LogP) is 7.59. The molecule has 1 saturated carbocycles. The quantitative estimate of drug-likeness (QED) is 0.336. The van der Waals surface area contributed by atoms with Crippen LogP contribution in [-0.2, 0) is 16.8 Å². The maximum atomic E-state index is 14.8. The second-order valence-corrected chi connectivity index (χ2v) is 10.9. The highest BCUT2D eigenvalue weighted by molar-refractivity contribution is 5.71. The van der Waals surface area contributed by atoms with E-state index < -0.39 is 5.97 Å². The Hall–Kier alpha value is -3.34. The third-order valence-electron chi connectivity index (χ3n) is 7.13. The molecule has 0 bridgehead atoms. The van der Waals surface area contributed by atoms with E-state index in [9.17, 15) is 14.3 Å². The van der Waals surface area contributed by atoms with Gasteiger partial charge in [-0.25, -0.2) is 4.39 Å². The fourth-order valence-corrected chi connectivity index (χ4v) is 4.99. The Morgan fingerprint density at radius 1 is 1.06 bits per heavy atom. The lowest BCUT2D eigenvalue weighted by molar-refractivity contribution is -0.137. The first kappa shape index (κ1) is 25.7. The van der Waals surface area contributed by atoms with Crippen LogP contribution >= 0.6 is 0 Å². The highest BCUT2D eigenvalue weighted by Crippen LogP contribution is 2.50. The molecule has 0 radical (unpaired) electrons. The first-order valence-corrected chi connectivity index (χ1v) is 12.5. The van der Waals surface area contributed by atoms with Crippen LogP contribution in [0.25, 0.3) is 11.1 Å². The van der Waals surface area contributed by atoms with Crippen molar-refractivity contribution in [2.45, 2.75) is 58.5 Å². The number of hydrogen-bond donors (Lipinski definition) is 1. The molecule has 0 spiro atoms. The van der Waals surface area contributed by atoms with Gasteiger partial charge in [-0.15, -0.1) is 0 Å². The van der Waals surface area contributed by atoms with Crippen LogP contribution in [0.5, 0.6) is 11.5 Å². The minimum absolute atomic E-state index is 0.00517. The minimum Gasteiger partial charge on any atom is -0.497 e. The van der Waals surface area contributed by atoms with Crippen molar-refractivity contribution in [3.63, 3.8) is 0 Å². The van der Waals surface area contributed by atoms with Gasteiger partial charge in [0.2, 0.25) is 0 Å². The largest absolute Gasteiger partial charge is 0.497 e. The fourth-order valence-electron chi connectivity index (χ4n) is 4.99. The Morgan fingerprint density at radius 2 is 1.81 bits per heavy atom. The third kappa shape index (κ3) is 5.89. The number of aliphatic carboxylic acids is 1. The number of rotatable bonds is 9. The van der Waals surface area contributed by atoms with E-state index >= 15 is 0 Å². The van der Waals surface area contributed by atoms with E-state index in [1.807, 2.05) is 36.4 Å². The highest BCUT2D eigenvalue weighted by atomic mass is 19.1. The van der Waals surface area contributed by atoms with Crippen LogP contribution < -0.4 is 9.47 Å². The van der Waals surface area contributed by atoms with Crippen molar-refractivity contribution >= 4 is 5.97 Å². The predicted molar refractivity (Wildman–Crippen MR) is 140 cm³/mol. The molecule has 3 aromatic carbocycles. The van der Waals surface area contributed by atoms with Crippen LogP contribution in [0, 0.1) is 17.7 Å². The molecule has 0 unspecified atom stereocenters. The van der Waals surface area contributed by atoms with Crippen LogP contribution in [0.3, 0.4) is 0 Å². The van der Waals surface area contributed by atoms with E-state index in [0.717, 1.165) is 34.4 Å². The van der Waals surface area contributed by atoms with E-state index in [-0.39, 0.29) is 23.6 Å². The van der Waals surface area contributed by atoms with E-state index in [2.05, 4.69) is 33.8 Å². The number of carboxylic acids is 1. The molecule has 0 aliphatic heterocycles. The summed E-state index contributed by atoms with van der Waals surface area (Å²) in [6, 6.07) is 18.6. The Labute approximate surface area is 213 Å². The van der Waals surface area contributed by atoms with Crippen molar-refractivity contribution in [2.24, 2.45) is 11.8 Å². The second kappa shape index (κ2) is 10.3. The summed E-state index contributed by atoms with van der Waals surface area (Å²) < 4.78 is 26.2. The fraction of sp³-hybridized carbons (Fsp3) is 0.387. The molecular weight excluding hydrogens is 455 g/mol. The van der Waals surface area contributed by atoms with Gasteiger partial charge in [-0.1, -0.05) is 58.0 Å². The Kier molecular flexibility index (Phi) is 7.39. The molecule has 4 nitrogen and oxygen atoms in total. The second-order valence-electron chi connectivity index (χ2n) is 10.9. The maximum absolute atomic E-state index is 14.8. The molecule has 36 heavy (non-hydrogen) atoms. The summed E-state index contributed by atoms with van der Waals surface area (Å²) >= 11 is 0. The van der Waals surface area contributed by atoms with Crippen molar-refractivity contribution < 1.29 is 23.8 Å². The normalized spacial score (nSPS) is 17.9. The Bertz CT molecular complexity index is 1240. The SMILES string of the molecule is COc1ccc(F)c(-c2ccc(COc3cccc([C@H](CC(=O)O)[C@@H]4C[C@@H]4C)c3)cc2C(C)(C)C)c1. The molecule has 1 N–H and O–H groups in total. The first-order chi connectivity index (χ1) is 17.1. The first-order valence-electron chi connectivity index (χ1n) is 12.5. The van der Waals surface area contributed by atoms with E-state index in [1.165, 1.54) is 6.07 Å². The minimum atomic E-state index is -0.771. The molecule has 3 atom stereocenters. The lowest BCUT2D eigenvalue weighted by Crippen LogP contribution is -2.14. The summed E-state index contributed by atoms with van der Waals surface area (Å²) in [5.74, 6) is 1.25. The molecule has 0 saturated heterocycles. The average Bonchev–Trinajstić information content (AvgIpc) is 3.57. The van der Waals surface area contributed by atoms with E-state index in [1.54, 1.807) is 19.2 Å². The smallest absolute Gasteiger partial charge is 0.303 e. The molecule has 0 aromatic heterocycles. The summed E-state index contributed by atoms with van der Waals surface area (Å²) in [5.41, 5.74) is 4.15. The number of halogens is 1. The monoisotopic (exact) mass is 490 g/mol. The lowest BCUT2D eigenvalue weighted by Gasteiger charge is -2.25. The molecule has 4 rings (SSSR count). The summed E-state index contributed by atoms with van der Waals surface area (Å²) in [6.45, 7) is 8.86. The summed E-state index contributed by atoms with van der Waals surface area (Å²) in [7, 11) is 1.58. The zero-order chi connectivity index (χ0) is 26.0. The molecule has 0 heterocycles. The molecular formula is C31H35FO4. The van der Waals surface area contributed by atoms with Gasteiger partial charge in [0.15, 0.2) is 0 Å². The molecule has 1 fully saturated rings. The molecule has 0 amide bonds. The summed E-state index contributed by atoms with van der Waals surface area (Å²) in [5, 5.41) is 9.41. The molecule has 1 aliphatic rings. The van der Waals surface area contributed by atoms with Crippen molar-refractivity contribution in [3.05, 3.63) is 83.2 Å². The van der Waals surface area contributed by atoms with Crippen LogP contribution in [0.15, 0.2) is 60.7 Å². The van der Waals surface area contributed by atoms with Crippen LogP contribution in [0.2, 0.25) is 0 Å². The van der Waals surface area contributed by atoms with Crippen LogP contribution in [-0.4, -0.2) is 18.2 Å². The van der Waals surface area contributed by atoms with Crippen molar-refractivity contribution in [1.29, 1.82) is 0 Å². The molecule has 5 heteroatoms. The number of carbonyl (C=O) groups is 1. The van der Waals surface area contributed by atoms with Gasteiger partial charge >= 0.3 is 5.97 Å². The van der Waals surface area contributed by atoms with Gasteiger partial charge < -0.3 is 14.6 Å². The number of hydrogen-bond acceptors (Lipinski definition) is 3. The van der Waals surface area contributed by atoms with Gasteiger partial charge in [0.25, 0.3) is 0 Å². The number of benzene rings is 3. The summed E-state index contributed by atoms with van der Waals surface area (Å²) in [6.07, 6.45) is 1.20. The van der Waals surface area contributed by atoms with Crippen molar-refractivity contribution in [2.75, 3.05) is 7.11 Å². The third-order valence-corrected chi connectivity index (χ3v) is 7.13. The van der Waals surface area contributed by atoms with Crippen molar-refractivity contribution in [1.82, 2.24) is 0 Å². The van der Waals surface area contributed by atoms with Gasteiger partial charge in [-0.3, -0.25) is 4.79 Å². The van der Waals surface area contributed by atoms with Crippen molar-refractivity contribution in [3.8, 4) is 22.6 Å². The number of methoxy groups -OCH3 is 1. The standard InChI is InChI=1S/C31H35FO4/c1-19-13-25(19)26(17-30(33)34)21-7-6-8-23(15-21)36-18-20-9-11-24(28(14-20)31(2,3)4)27-16-22(35-5)10-12-29(27)32/h6-12,14-16,19,25-26H,13,17-18H2,1-5H3,(H,33,34)/t19-,25+,26-/m0/s1. The topological polar surface area (TPSA) is 55.8 Å². The van der Waals surface area contributed by atoms with Gasteiger partial charge in [-0.2, -0.15) is 0 Å². The van der Waals surface area contributed by atoms with Crippen LogP contribution in [0.4, 0.5) is 4.39 Å². The number of carboxylic acid groups (broad SMARTS) is 1. The van der Waals surface area contributed by atoms with Gasteiger partial charge in [0.05, 0.1) is 13.5 Å². The molecule has 190 valence electrons. The van der Waals surface area contributed by atoms with Gasteiger partial charge in [-0.05, 0) is 82.2 Å². The lowest BCUT2D eigenvalue weighted by atomic mass is 9.81. The Balaban J connectivity index is 1.58. The van der Waals surface area contributed by atoms with Gasteiger partial charge in [0, 0.05) is 5.56 Å². The highest BCUT2D eigenvalue weighted by Gasteiger charge is 2.41. The molecule has 3 aromatic rings. The van der Waals surface area contributed by atoms with Crippen LogP contribution in [0.1, 0.15) is 63.1 Å². The zero-order valence-electron chi connectivity index (χ0n) is 21.7. The molecule has 1 aliphatic carbocycles. The van der Waals surface area contributed by atoms with E-state index in [0.29, 0.717) is 29.8 Å². The summed E-state index contributed by atoms with van der Waals surface area (Å²) in [4.78, 5) is 11.5. The Morgan fingerprint density at radius 3 is 2.44 bits per heavy atom. The van der Waals surface area contributed by atoms with Gasteiger partial charge in [0.1, 0.15) is 23.9 Å². The zero-order valence-corrected chi connectivity index (χ0v) is 21.7. The average molecular weight is 491 g/mol. The maximum Gasteiger partial charge on any atom is 0.303 e.